The molecule has 5 aliphatic rings. The maximum atomic E-state index is 13.4. The number of aromatic amines is 1. The van der Waals surface area contributed by atoms with Crippen molar-refractivity contribution in [2.75, 3.05) is 33.4 Å². The predicted molar refractivity (Wildman–Crippen MR) is 152 cm³/mol. The number of hydrogen-bond donors (Lipinski definition) is 2. The van der Waals surface area contributed by atoms with E-state index in [1.54, 1.807) is 24.9 Å². The monoisotopic (exact) mass is 613 g/mol. The molecule has 2 aliphatic carbocycles. The molecule has 1 aromatic carbocycles. The van der Waals surface area contributed by atoms with Gasteiger partial charge in [0.05, 0.1) is 24.0 Å². The Labute approximate surface area is 249 Å². The first kappa shape index (κ1) is 27.5. The van der Waals surface area contributed by atoms with Gasteiger partial charge in [0.25, 0.3) is 5.91 Å². The molecule has 1 aromatic heterocycles. The van der Waals surface area contributed by atoms with E-state index < -0.39 is 30.3 Å². The number of carboxylic acid groups (broad SMARTS) is 1. The Balaban J connectivity index is 1.20. The predicted octanol–water partition coefficient (Wildman–Crippen LogP) is 2.39. The molecule has 0 spiro atoms. The number of carboxylic acids is 1. The number of thiazole rings is 1. The summed E-state index contributed by atoms with van der Waals surface area (Å²) in [4.78, 5) is 69.7. The van der Waals surface area contributed by atoms with Crippen LogP contribution in [0.15, 0.2) is 28.0 Å². The summed E-state index contributed by atoms with van der Waals surface area (Å²) in [6.45, 7) is 0.790. The van der Waals surface area contributed by atoms with Crippen molar-refractivity contribution in [3.63, 3.8) is 0 Å². The number of methoxy groups -OCH3 is 1. The summed E-state index contributed by atoms with van der Waals surface area (Å²) < 4.78 is 11.6. The largest absolute Gasteiger partial charge is 0.493 e. The third-order valence-electron chi connectivity index (χ3n) is 9.72. The molecule has 0 radical (unpaired) electrons. The first-order valence-electron chi connectivity index (χ1n) is 14.3. The van der Waals surface area contributed by atoms with Crippen LogP contribution < -0.4 is 14.3 Å². The minimum atomic E-state index is -1.21. The molecule has 2 bridgehead atoms. The van der Waals surface area contributed by atoms with Crippen LogP contribution in [-0.4, -0.2) is 82.2 Å². The standard InChI is InChI=1S/C29H31N3O8S2/c1-39-17-9-13(5-6-16(17)40-12-18(33)31-7-3-2-4-8-31)20-21-14-10-15(24(21)41-26-25(20)42-29(38)30-26)23-22(14)27(36)32(28(23)37)11-19(34)35/h5-6,9,14-15,20-24H,2-4,7-8,10-12H2,1H3,(H,30,38)(H,34,35)/t14?,15?,20-,21?,22?,23?,24?/m1/s1. The van der Waals surface area contributed by atoms with Gasteiger partial charge in [-0.05, 0) is 61.1 Å². The summed E-state index contributed by atoms with van der Waals surface area (Å²) in [5.41, 5.74) is 0.900. The van der Waals surface area contributed by atoms with E-state index in [4.69, 9.17) is 9.47 Å². The van der Waals surface area contributed by atoms with Gasteiger partial charge in [-0.1, -0.05) is 17.4 Å². The van der Waals surface area contributed by atoms with Crippen molar-refractivity contribution in [2.24, 2.45) is 29.6 Å². The first-order valence-corrected chi connectivity index (χ1v) is 16.0. The highest BCUT2D eigenvalue weighted by Crippen LogP contribution is 2.68. The van der Waals surface area contributed by atoms with Crippen molar-refractivity contribution in [1.82, 2.24) is 14.8 Å². The maximum Gasteiger partial charge on any atom is 0.323 e. The molecule has 2 saturated carbocycles. The number of hydrogen-bond acceptors (Lipinski definition) is 9. The van der Waals surface area contributed by atoms with E-state index in [0.29, 0.717) is 17.9 Å². The van der Waals surface area contributed by atoms with Gasteiger partial charge in [0, 0.05) is 29.1 Å². The van der Waals surface area contributed by atoms with Gasteiger partial charge < -0.3 is 24.5 Å². The Morgan fingerprint density at radius 1 is 1.05 bits per heavy atom. The Kier molecular flexibility index (Phi) is 6.84. The second-order valence-corrected chi connectivity index (χ2v) is 14.0. The van der Waals surface area contributed by atoms with E-state index in [1.807, 2.05) is 17.0 Å². The van der Waals surface area contributed by atoms with Crippen LogP contribution in [0.4, 0.5) is 0 Å². The van der Waals surface area contributed by atoms with Gasteiger partial charge in [0.15, 0.2) is 18.1 Å². The summed E-state index contributed by atoms with van der Waals surface area (Å²) in [5.74, 6) is -2.65. The van der Waals surface area contributed by atoms with Gasteiger partial charge in [0.1, 0.15) is 6.54 Å². The molecule has 3 aliphatic heterocycles. The molecule has 222 valence electrons. The third kappa shape index (κ3) is 4.26. The number of piperidine rings is 1. The molecule has 7 rings (SSSR count). The average molecular weight is 614 g/mol. The highest BCUT2D eigenvalue weighted by atomic mass is 32.2. The number of likely N-dealkylation sites (tertiary alicyclic amines) is 2. The van der Waals surface area contributed by atoms with E-state index in [2.05, 4.69) is 4.98 Å². The van der Waals surface area contributed by atoms with E-state index in [9.17, 15) is 29.1 Å². The van der Waals surface area contributed by atoms with Crippen molar-refractivity contribution < 1.29 is 33.8 Å². The second-order valence-electron chi connectivity index (χ2n) is 11.8. The second kappa shape index (κ2) is 10.4. The van der Waals surface area contributed by atoms with E-state index in [-0.39, 0.29) is 52.2 Å². The van der Waals surface area contributed by atoms with Gasteiger partial charge in [-0.2, -0.15) is 0 Å². The molecule has 11 nitrogen and oxygen atoms in total. The lowest BCUT2D eigenvalue weighted by Crippen LogP contribution is -2.42. The first-order chi connectivity index (χ1) is 20.3. The molecule has 4 fully saturated rings. The normalized spacial score (nSPS) is 31.1. The molecule has 3 amide bonds. The summed E-state index contributed by atoms with van der Waals surface area (Å²) >= 11 is 2.73. The molecule has 2 N–H and O–H groups in total. The molecule has 2 saturated heterocycles. The Hall–Kier alpha value is -3.32. The highest BCUT2D eigenvalue weighted by molar-refractivity contribution is 8.00. The van der Waals surface area contributed by atoms with Crippen LogP contribution >= 0.6 is 23.1 Å². The lowest BCUT2D eigenvalue weighted by molar-refractivity contribution is -0.149. The van der Waals surface area contributed by atoms with Crippen LogP contribution in [0.25, 0.3) is 0 Å². The van der Waals surface area contributed by atoms with Crippen LogP contribution in [0.2, 0.25) is 0 Å². The summed E-state index contributed by atoms with van der Waals surface area (Å²) in [5, 5.41) is 10.1. The summed E-state index contributed by atoms with van der Waals surface area (Å²) in [6.07, 6.45) is 3.84. The number of carbonyl (C=O) groups is 4. The number of nitrogens with one attached hydrogen (secondary N) is 1. The Morgan fingerprint density at radius 2 is 1.79 bits per heavy atom. The summed E-state index contributed by atoms with van der Waals surface area (Å²) in [7, 11) is 1.54. The maximum absolute atomic E-state index is 13.4. The highest BCUT2D eigenvalue weighted by Gasteiger charge is 2.69. The fraction of sp³-hybridized carbons (Fsp3) is 0.552. The van der Waals surface area contributed by atoms with E-state index in [1.165, 1.54) is 0 Å². The van der Waals surface area contributed by atoms with Crippen LogP contribution in [-0.2, 0) is 19.2 Å². The topological polar surface area (TPSA) is 146 Å². The number of amides is 3. The zero-order valence-corrected chi connectivity index (χ0v) is 24.6. The lowest BCUT2D eigenvalue weighted by atomic mass is 9.68. The van der Waals surface area contributed by atoms with Crippen molar-refractivity contribution in [2.45, 2.75) is 41.9 Å². The zero-order chi connectivity index (χ0) is 29.3. The summed E-state index contributed by atoms with van der Waals surface area (Å²) in [6, 6.07) is 5.60. The van der Waals surface area contributed by atoms with Crippen LogP contribution in [0, 0.1) is 29.6 Å². The van der Waals surface area contributed by atoms with E-state index in [0.717, 1.165) is 64.1 Å². The fourth-order valence-electron chi connectivity index (χ4n) is 8.11. The number of fused-ring (bicyclic) bond motifs is 9. The Bertz CT molecular complexity index is 1530. The number of aromatic nitrogens is 1. The number of rotatable bonds is 7. The smallest absolute Gasteiger partial charge is 0.323 e. The van der Waals surface area contributed by atoms with Gasteiger partial charge in [-0.15, -0.1) is 11.8 Å². The minimum absolute atomic E-state index is 0.00962. The van der Waals surface area contributed by atoms with Crippen LogP contribution in [0.5, 0.6) is 11.5 Å². The van der Waals surface area contributed by atoms with Gasteiger partial charge >= 0.3 is 10.8 Å². The third-order valence-corrected chi connectivity index (χ3v) is 12.3. The molecule has 2 aromatic rings. The number of nitrogens with zero attached hydrogens (tertiary/aromatic N) is 2. The quantitative estimate of drug-likeness (QED) is 0.450. The van der Waals surface area contributed by atoms with Crippen LogP contribution in [0.3, 0.4) is 0 Å². The zero-order valence-electron chi connectivity index (χ0n) is 22.9. The number of ether oxygens (including phenoxy) is 2. The molecule has 7 atom stereocenters. The molecule has 4 heterocycles. The number of aliphatic carboxylic acids is 1. The van der Waals surface area contributed by atoms with E-state index >= 15 is 0 Å². The van der Waals surface area contributed by atoms with Gasteiger partial charge in [0.2, 0.25) is 11.8 Å². The molecule has 6 unspecified atom stereocenters. The SMILES string of the molecule is COc1cc([C@H]2c3sc(=O)[nH]c3SC3C4CC(C5C(=O)N(CC(=O)O)C(=O)C45)C32)ccc1OCC(=O)N1CCCCC1. The molecule has 42 heavy (non-hydrogen) atoms. The minimum Gasteiger partial charge on any atom is -0.493 e. The van der Waals surface area contributed by atoms with Crippen LogP contribution in [0.1, 0.15) is 42.0 Å². The van der Waals surface area contributed by atoms with Crippen molar-refractivity contribution in [3.05, 3.63) is 38.3 Å². The Morgan fingerprint density at radius 3 is 2.50 bits per heavy atom. The van der Waals surface area contributed by atoms with Gasteiger partial charge in [-0.3, -0.25) is 28.9 Å². The number of carbonyl (C=O) groups excluding carboxylic acids is 3. The fourth-order valence-corrected chi connectivity index (χ4v) is 11.0. The van der Waals surface area contributed by atoms with Crippen molar-refractivity contribution in [1.29, 1.82) is 0 Å². The molecule has 13 heteroatoms. The number of H-pyrrole nitrogens is 1. The number of benzene rings is 1. The molecular formula is C29H31N3O8S2. The van der Waals surface area contributed by atoms with Crippen molar-refractivity contribution >= 4 is 46.8 Å². The number of thioether (sulfide) groups is 1. The average Bonchev–Trinajstić information content (AvgIpc) is 3.72. The molecular weight excluding hydrogens is 582 g/mol. The number of imide groups is 1. The van der Waals surface area contributed by atoms with Crippen molar-refractivity contribution in [3.8, 4) is 11.5 Å². The van der Waals surface area contributed by atoms with Gasteiger partial charge in [-0.25, -0.2) is 0 Å². The lowest BCUT2D eigenvalue weighted by Gasteiger charge is -2.43.